The van der Waals surface area contributed by atoms with E-state index < -0.39 is 14.3 Å². The van der Waals surface area contributed by atoms with Crippen molar-refractivity contribution in [3.8, 4) is 22.6 Å². The highest BCUT2D eigenvalue weighted by Gasteiger charge is 2.28. The minimum atomic E-state index is -3.08. The van der Waals surface area contributed by atoms with Crippen molar-refractivity contribution in [2.45, 2.75) is 37.0 Å². The van der Waals surface area contributed by atoms with Crippen LogP contribution in [0.25, 0.3) is 32.7 Å². The van der Waals surface area contributed by atoms with Crippen LogP contribution in [-0.4, -0.2) is 0 Å². The smallest absolute Gasteiger partial charge is 0.100 e. The molecule has 0 aliphatic rings. The minimum Gasteiger partial charge on any atom is -0.872 e. The van der Waals surface area contributed by atoms with Crippen molar-refractivity contribution in [1.82, 2.24) is 0 Å². The fourth-order valence-electron chi connectivity index (χ4n) is 8.13. The Morgan fingerprint density at radius 3 is 0.911 bits per heavy atom. The number of hydrogen-bond acceptors (Lipinski definition) is 4. The van der Waals surface area contributed by atoms with Gasteiger partial charge in [0, 0.05) is 37.0 Å². The summed E-state index contributed by atoms with van der Waals surface area (Å²) in [5.74, 6) is -0.581. The van der Waals surface area contributed by atoms with Crippen molar-refractivity contribution in [2.24, 2.45) is 0 Å². The Balaban J connectivity index is 1.29. The lowest BCUT2D eigenvalue weighted by molar-refractivity contribution is -0.271. The van der Waals surface area contributed by atoms with Crippen LogP contribution in [0.1, 0.15) is 33.4 Å². The molecular weight excluding hydrogens is 726 g/mol. The van der Waals surface area contributed by atoms with Gasteiger partial charge >= 0.3 is 0 Å². The van der Waals surface area contributed by atoms with E-state index in [0.29, 0.717) is 57.7 Å². The first-order valence-corrected chi connectivity index (χ1v) is 23.5. The summed E-state index contributed by atoms with van der Waals surface area (Å²) in [6.45, 7) is 0. The lowest BCUT2D eigenvalue weighted by Gasteiger charge is -2.30. The molecule has 0 heterocycles. The lowest BCUT2D eigenvalue weighted by atomic mass is 9.89. The van der Waals surface area contributed by atoms with Gasteiger partial charge in [-0.25, -0.2) is 0 Å². The molecule has 8 aromatic carbocycles. The Kier molecular flexibility index (Phi) is 10.8. The molecule has 8 rings (SSSR count). The molecule has 6 heteroatoms. The van der Waals surface area contributed by atoms with Gasteiger partial charge in [0.05, 0.1) is 0 Å². The third-order valence-corrected chi connectivity index (χ3v) is 16.2. The van der Waals surface area contributed by atoms with Crippen LogP contribution in [0.3, 0.4) is 0 Å². The van der Waals surface area contributed by atoms with Crippen LogP contribution in [0, 0.1) is 0 Å². The summed E-state index contributed by atoms with van der Waals surface area (Å²) < 4.78 is 30.4. The molecule has 0 aromatic heterocycles. The molecule has 0 saturated heterocycles. The minimum absolute atomic E-state index is 0.0859. The maximum Gasteiger partial charge on any atom is 0.100 e. The predicted octanol–water partition coefficient (Wildman–Crippen LogP) is 12.3. The molecule has 0 aliphatic carbocycles. The van der Waals surface area contributed by atoms with Gasteiger partial charge in [-0.2, -0.15) is 0 Å². The van der Waals surface area contributed by atoms with Crippen LogP contribution in [0.4, 0.5) is 0 Å². The van der Waals surface area contributed by atoms with Crippen molar-refractivity contribution in [3.63, 3.8) is 0 Å². The number of hydrogen-bond donors (Lipinski definition) is 0. The molecule has 0 aliphatic heterocycles. The first kappa shape index (κ1) is 37.3. The fourth-order valence-corrected chi connectivity index (χ4v) is 14.0. The van der Waals surface area contributed by atoms with E-state index in [9.17, 15) is 0 Å². The molecule has 0 radical (unpaired) electrons. The first-order valence-electron chi connectivity index (χ1n) is 19.0. The Morgan fingerprint density at radius 1 is 0.339 bits per heavy atom. The van der Waals surface area contributed by atoms with Gasteiger partial charge in [0.1, 0.15) is 14.3 Å². The highest BCUT2D eigenvalue weighted by molar-refractivity contribution is 7.61. The molecule has 0 amide bonds. The fraction of sp³-hybridized carbons (Fsp3) is 0.120. The molecule has 56 heavy (non-hydrogen) atoms. The standard InChI is InChI=1S/C50H44O4P2/c51-49-43(35-55(53,31-37-17-5-1-6-18-37)32-38-19-7-2-8-20-38)29-41-25-13-15-27-45(41)47(49)48-46-28-16-14-26-42(46)30-44(50(48)52)36-56(54,33-39-21-9-3-10-22-39)34-40-23-11-4-12-24-40/h1-30,51-52H,31-36H2/p-2. The van der Waals surface area contributed by atoms with Crippen LogP contribution in [0.15, 0.2) is 182 Å². The number of benzene rings is 8. The summed E-state index contributed by atoms with van der Waals surface area (Å²) in [7, 11) is -6.16. The molecule has 8 aromatic rings. The second-order valence-corrected chi connectivity index (χ2v) is 21.1. The lowest BCUT2D eigenvalue weighted by Crippen LogP contribution is -2.07. The zero-order valence-electron chi connectivity index (χ0n) is 31.1. The summed E-state index contributed by atoms with van der Waals surface area (Å²) in [5, 5.41) is 33.2. The molecule has 0 unspecified atom stereocenters. The molecule has 278 valence electrons. The van der Waals surface area contributed by atoms with Gasteiger partial charge < -0.3 is 19.3 Å². The molecule has 4 nitrogen and oxygen atoms in total. The maximum atomic E-state index is 15.2. The van der Waals surface area contributed by atoms with Crippen LogP contribution in [0.5, 0.6) is 11.5 Å². The maximum absolute atomic E-state index is 15.2. The highest BCUT2D eigenvalue weighted by Crippen LogP contribution is 2.59. The average molecular weight is 769 g/mol. The predicted molar refractivity (Wildman–Crippen MR) is 229 cm³/mol. The van der Waals surface area contributed by atoms with Gasteiger partial charge in [0.2, 0.25) is 0 Å². The van der Waals surface area contributed by atoms with E-state index in [4.69, 9.17) is 0 Å². The number of rotatable bonds is 13. The molecule has 0 atom stereocenters. The van der Waals surface area contributed by atoms with Crippen molar-refractivity contribution in [2.75, 3.05) is 0 Å². The summed E-state index contributed by atoms with van der Waals surface area (Å²) in [4.78, 5) is 0. The molecule has 0 bridgehead atoms. The highest BCUT2D eigenvalue weighted by atomic mass is 31.2. The average Bonchev–Trinajstić information content (AvgIpc) is 3.20. The van der Waals surface area contributed by atoms with Gasteiger partial charge in [-0.15, -0.1) is 0 Å². The largest absolute Gasteiger partial charge is 0.872 e. The van der Waals surface area contributed by atoms with E-state index in [-0.39, 0.29) is 23.8 Å². The van der Waals surface area contributed by atoms with E-state index in [1.54, 1.807) is 0 Å². The Morgan fingerprint density at radius 2 is 0.607 bits per heavy atom. The van der Waals surface area contributed by atoms with Crippen molar-refractivity contribution >= 4 is 35.8 Å². The Bertz CT molecular complexity index is 2430. The van der Waals surface area contributed by atoms with Gasteiger partial charge in [0.15, 0.2) is 0 Å². The van der Waals surface area contributed by atoms with E-state index >= 15 is 19.3 Å². The van der Waals surface area contributed by atoms with Gasteiger partial charge in [-0.05, 0) is 66.1 Å². The van der Waals surface area contributed by atoms with E-state index in [2.05, 4.69) is 0 Å². The topological polar surface area (TPSA) is 80.3 Å². The van der Waals surface area contributed by atoms with E-state index in [0.717, 1.165) is 33.0 Å². The Hall–Kier alpha value is -5.66. The SMILES string of the molecule is O=P(Cc1ccccc1)(Cc1ccccc1)Cc1cc2ccccc2c(-c2c([O-])c(CP(=O)(Cc3ccccc3)Cc3ccccc3)cc3ccccc23)c1[O-]. The van der Waals surface area contributed by atoms with Crippen LogP contribution in [-0.2, 0) is 46.1 Å². The van der Waals surface area contributed by atoms with Crippen molar-refractivity contribution < 1.29 is 19.3 Å². The van der Waals surface area contributed by atoms with E-state index in [1.807, 2.05) is 182 Å². The molecular formula is C50H42O4P2-2. The third-order valence-electron chi connectivity index (χ3n) is 10.6. The molecule has 0 N–H and O–H groups in total. The van der Waals surface area contributed by atoms with Crippen LogP contribution >= 0.6 is 14.3 Å². The molecule has 0 fully saturated rings. The quantitative estimate of drug-likeness (QED) is 0.109. The van der Waals surface area contributed by atoms with Crippen LogP contribution in [0.2, 0.25) is 0 Å². The molecule has 0 saturated carbocycles. The van der Waals surface area contributed by atoms with Gasteiger partial charge in [0.25, 0.3) is 0 Å². The Labute approximate surface area is 328 Å². The zero-order chi connectivity index (χ0) is 38.5. The summed E-state index contributed by atoms with van der Waals surface area (Å²) in [6, 6.07) is 58.2. The number of fused-ring (bicyclic) bond motifs is 2. The normalized spacial score (nSPS) is 11.9. The second kappa shape index (κ2) is 16.2. The van der Waals surface area contributed by atoms with Crippen LogP contribution < -0.4 is 10.2 Å². The van der Waals surface area contributed by atoms with Crippen molar-refractivity contribution in [1.29, 1.82) is 0 Å². The van der Waals surface area contributed by atoms with E-state index in [1.165, 1.54) is 0 Å². The second-order valence-electron chi connectivity index (χ2n) is 14.9. The third kappa shape index (κ3) is 8.29. The van der Waals surface area contributed by atoms with Gasteiger partial charge in [-0.1, -0.05) is 193 Å². The van der Waals surface area contributed by atoms with Crippen molar-refractivity contribution in [3.05, 3.63) is 215 Å². The summed E-state index contributed by atoms with van der Waals surface area (Å²) >= 11 is 0. The monoisotopic (exact) mass is 768 g/mol. The zero-order valence-corrected chi connectivity index (χ0v) is 32.9. The summed E-state index contributed by atoms with van der Waals surface area (Å²) in [6.07, 6.45) is 1.54. The van der Waals surface area contributed by atoms with Gasteiger partial charge in [-0.3, -0.25) is 0 Å². The summed E-state index contributed by atoms with van der Waals surface area (Å²) in [5.41, 5.74) is 5.31. The molecule has 0 spiro atoms. The first-order chi connectivity index (χ1) is 27.3.